The average Bonchev–Trinajstić information content (AvgIpc) is 2.44. The number of ether oxygens (including phenoxy) is 1. The highest BCUT2D eigenvalue weighted by molar-refractivity contribution is 5.86. The summed E-state index contributed by atoms with van der Waals surface area (Å²) in [7, 11) is 1.51. The fourth-order valence-electron chi connectivity index (χ4n) is 1.71. The lowest BCUT2D eigenvalue weighted by Gasteiger charge is -2.21. The van der Waals surface area contributed by atoms with Gasteiger partial charge in [-0.2, -0.15) is 0 Å². The molecule has 0 saturated heterocycles. The molecule has 0 aliphatic carbocycles. The quantitative estimate of drug-likeness (QED) is 0.384. The van der Waals surface area contributed by atoms with Gasteiger partial charge in [-0.05, 0) is 19.8 Å². The molecule has 0 aliphatic heterocycles. The topological polar surface area (TPSA) is 111 Å². The van der Waals surface area contributed by atoms with Crippen LogP contribution < -0.4 is 16.4 Å². The van der Waals surface area contributed by atoms with Gasteiger partial charge in [-0.25, -0.2) is 4.79 Å². The van der Waals surface area contributed by atoms with E-state index in [1.165, 1.54) is 7.05 Å². The van der Waals surface area contributed by atoms with Crippen LogP contribution in [0, 0.1) is 5.92 Å². The number of allylic oxidation sites excluding steroid dienone is 1. The van der Waals surface area contributed by atoms with Crippen LogP contribution in [-0.2, 0) is 19.1 Å². The number of nitrogens with two attached hydrogens (primary N) is 1. The molecule has 2 amide bonds. The summed E-state index contributed by atoms with van der Waals surface area (Å²) < 4.78 is 4.89. The van der Waals surface area contributed by atoms with Crippen LogP contribution in [-0.4, -0.2) is 44.0 Å². The van der Waals surface area contributed by atoms with Crippen molar-refractivity contribution < 1.29 is 19.1 Å². The predicted octanol–water partition coefficient (Wildman–Crippen LogP) is -0.679. The molecule has 0 radical (unpaired) electrons. The molecule has 7 nitrogen and oxygen atoms in total. The number of nitrogens with one attached hydrogen (secondary N) is 2. The molecule has 0 saturated carbocycles. The van der Waals surface area contributed by atoms with E-state index in [1.54, 1.807) is 13.0 Å². The summed E-state index contributed by atoms with van der Waals surface area (Å²) in [4.78, 5) is 34.9. The molecule has 0 rings (SSSR count). The van der Waals surface area contributed by atoms with E-state index in [1.807, 2.05) is 0 Å². The summed E-state index contributed by atoms with van der Waals surface area (Å²) in [5.74, 6) is -1.74. The maximum Gasteiger partial charge on any atom is 0.328 e. The van der Waals surface area contributed by atoms with Crippen molar-refractivity contribution in [2.75, 3.05) is 20.2 Å². The van der Waals surface area contributed by atoms with Gasteiger partial charge in [0.1, 0.15) is 6.04 Å². The van der Waals surface area contributed by atoms with Crippen molar-refractivity contribution in [2.24, 2.45) is 11.7 Å². The third kappa shape index (κ3) is 6.33. The highest BCUT2D eigenvalue weighted by Gasteiger charge is 2.28. The first-order chi connectivity index (χ1) is 9.49. The van der Waals surface area contributed by atoms with E-state index < -0.39 is 23.8 Å². The van der Waals surface area contributed by atoms with Gasteiger partial charge >= 0.3 is 5.97 Å². The fourth-order valence-corrected chi connectivity index (χ4v) is 1.71. The van der Waals surface area contributed by atoms with E-state index in [-0.39, 0.29) is 25.5 Å². The van der Waals surface area contributed by atoms with E-state index in [4.69, 9.17) is 10.5 Å². The summed E-state index contributed by atoms with van der Waals surface area (Å²) in [5, 5.41) is 4.98. The summed E-state index contributed by atoms with van der Waals surface area (Å²) >= 11 is 0. The number of carbonyl (C=O) groups is 3. The van der Waals surface area contributed by atoms with Gasteiger partial charge in [0.05, 0.1) is 13.2 Å². The molecule has 2 atom stereocenters. The van der Waals surface area contributed by atoms with E-state index in [0.717, 1.165) is 0 Å². The van der Waals surface area contributed by atoms with Gasteiger partial charge in [0.25, 0.3) is 0 Å². The van der Waals surface area contributed by atoms with Gasteiger partial charge in [-0.15, -0.1) is 6.58 Å². The molecule has 0 aromatic heterocycles. The van der Waals surface area contributed by atoms with Crippen LogP contribution in [0.25, 0.3) is 0 Å². The molecule has 0 bridgehead atoms. The van der Waals surface area contributed by atoms with E-state index in [9.17, 15) is 14.4 Å². The molecule has 7 heteroatoms. The SMILES string of the molecule is C=CCC(CC(NC(=O)CN)C(=O)OCC)C(=O)NC. The lowest BCUT2D eigenvalue weighted by Crippen LogP contribution is -2.46. The molecule has 4 N–H and O–H groups in total. The number of esters is 1. The lowest BCUT2D eigenvalue weighted by molar-refractivity contribution is -0.148. The molecule has 0 fully saturated rings. The summed E-state index contributed by atoms with van der Waals surface area (Å²) in [6.45, 7) is 5.21. The standard InChI is InChI=1S/C13H23N3O4/c1-4-6-9(12(18)15-3)7-10(13(19)20-5-2)16-11(17)8-14/h4,9-10H,1,5-8,14H2,2-3H3,(H,15,18)(H,16,17). The maximum absolute atomic E-state index is 11.8. The molecule has 0 spiro atoms. The Morgan fingerprint density at radius 2 is 2.05 bits per heavy atom. The Bertz CT molecular complexity index is 358. The smallest absolute Gasteiger partial charge is 0.328 e. The number of hydrogen-bond donors (Lipinski definition) is 3. The zero-order valence-corrected chi connectivity index (χ0v) is 12.0. The number of rotatable bonds is 9. The minimum absolute atomic E-state index is 0.135. The second-order valence-corrected chi connectivity index (χ2v) is 4.15. The van der Waals surface area contributed by atoms with Gasteiger partial charge in [0, 0.05) is 13.0 Å². The van der Waals surface area contributed by atoms with Gasteiger partial charge in [-0.1, -0.05) is 6.08 Å². The molecule has 0 heterocycles. The van der Waals surface area contributed by atoms with Gasteiger partial charge in [0.15, 0.2) is 0 Å². The second-order valence-electron chi connectivity index (χ2n) is 4.15. The molecule has 0 aliphatic rings. The molecule has 114 valence electrons. The molecule has 20 heavy (non-hydrogen) atoms. The normalized spacial score (nSPS) is 12.9. The van der Waals surface area contributed by atoms with Crippen LogP contribution in [0.1, 0.15) is 19.8 Å². The molecule has 0 aromatic rings. The Balaban J connectivity index is 4.89. The Hall–Kier alpha value is -1.89. The van der Waals surface area contributed by atoms with Crippen molar-refractivity contribution >= 4 is 17.8 Å². The van der Waals surface area contributed by atoms with Crippen LogP contribution in [0.3, 0.4) is 0 Å². The van der Waals surface area contributed by atoms with Crippen molar-refractivity contribution in [1.82, 2.24) is 10.6 Å². The van der Waals surface area contributed by atoms with Crippen LogP contribution in [0.15, 0.2) is 12.7 Å². The number of hydrogen-bond acceptors (Lipinski definition) is 5. The Morgan fingerprint density at radius 1 is 1.40 bits per heavy atom. The average molecular weight is 285 g/mol. The summed E-state index contributed by atoms with van der Waals surface area (Å²) in [5.41, 5.74) is 5.21. The van der Waals surface area contributed by atoms with E-state index in [2.05, 4.69) is 17.2 Å². The van der Waals surface area contributed by atoms with Gasteiger partial charge in [-0.3, -0.25) is 9.59 Å². The fraction of sp³-hybridized carbons (Fsp3) is 0.615. The van der Waals surface area contributed by atoms with Crippen molar-refractivity contribution in [2.45, 2.75) is 25.8 Å². The first-order valence-corrected chi connectivity index (χ1v) is 6.48. The Morgan fingerprint density at radius 3 is 2.50 bits per heavy atom. The van der Waals surface area contributed by atoms with E-state index in [0.29, 0.717) is 6.42 Å². The lowest BCUT2D eigenvalue weighted by atomic mass is 9.95. The van der Waals surface area contributed by atoms with Crippen LogP contribution in [0.4, 0.5) is 0 Å². The van der Waals surface area contributed by atoms with Crippen LogP contribution in [0.2, 0.25) is 0 Å². The largest absolute Gasteiger partial charge is 0.464 e. The number of amides is 2. The summed E-state index contributed by atoms with van der Waals surface area (Å²) in [6, 6.07) is -0.895. The van der Waals surface area contributed by atoms with Gasteiger partial charge in [0.2, 0.25) is 11.8 Å². The monoisotopic (exact) mass is 285 g/mol. The van der Waals surface area contributed by atoms with Crippen molar-refractivity contribution in [3.05, 3.63) is 12.7 Å². The highest BCUT2D eigenvalue weighted by Crippen LogP contribution is 2.13. The van der Waals surface area contributed by atoms with Crippen LogP contribution in [0.5, 0.6) is 0 Å². The molecule has 0 aromatic carbocycles. The zero-order chi connectivity index (χ0) is 15.5. The van der Waals surface area contributed by atoms with Crippen LogP contribution >= 0.6 is 0 Å². The molecule has 2 unspecified atom stereocenters. The third-order valence-corrected chi connectivity index (χ3v) is 2.68. The minimum atomic E-state index is -0.895. The molecular formula is C13H23N3O4. The highest BCUT2D eigenvalue weighted by atomic mass is 16.5. The Labute approximate surface area is 118 Å². The first kappa shape index (κ1) is 18.1. The minimum Gasteiger partial charge on any atom is -0.464 e. The third-order valence-electron chi connectivity index (χ3n) is 2.68. The second kappa shape index (κ2) is 9.96. The number of carbonyl (C=O) groups excluding carboxylic acids is 3. The predicted molar refractivity (Wildman–Crippen MR) is 74.6 cm³/mol. The molecular weight excluding hydrogens is 262 g/mol. The first-order valence-electron chi connectivity index (χ1n) is 6.48. The van der Waals surface area contributed by atoms with Crippen molar-refractivity contribution in [3.63, 3.8) is 0 Å². The zero-order valence-electron chi connectivity index (χ0n) is 12.0. The van der Waals surface area contributed by atoms with Crippen molar-refractivity contribution in [3.8, 4) is 0 Å². The van der Waals surface area contributed by atoms with Gasteiger partial charge < -0.3 is 21.1 Å². The summed E-state index contributed by atoms with van der Waals surface area (Å²) in [6.07, 6.45) is 2.12. The van der Waals surface area contributed by atoms with E-state index >= 15 is 0 Å². The maximum atomic E-state index is 11.8. The Kier molecular flexibility index (Phi) is 9.02. The van der Waals surface area contributed by atoms with Crippen molar-refractivity contribution in [1.29, 1.82) is 0 Å².